The number of carbonyl (C=O) groups excluding carboxylic acids is 2. The van der Waals surface area contributed by atoms with Crippen molar-refractivity contribution in [1.29, 1.82) is 0 Å². The van der Waals surface area contributed by atoms with Crippen molar-refractivity contribution in [1.82, 2.24) is 15.6 Å². The maximum Gasteiger partial charge on any atom is 0.412 e. The van der Waals surface area contributed by atoms with Gasteiger partial charge in [0.15, 0.2) is 6.04 Å². The fourth-order valence-corrected chi connectivity index (χ4v) is 3.42. The van der Waals surface area contributed by atoms with Crippen LogP contribution < -0.4 is 10.6 Å². The highest BCUT2D eigenvalue weighted by molar-refractivity contribution is 5.80. The van der Waals surface area contributed by atoms with Gasteiger partial charge in [0, 0.05) is 42.8 Å². The maximum atomic E-state index is 13.4. The number of hydrogen-bond acceptors (Lipinski definition) is 4. The van der Waals surface area contributed by atoms with Crippen LogP contribution in [0.15, 0.2) is 47.3 Å². The van der Waals surface area contributed by atoms with Crippen LogP contribution in [0.4, 0.5) is 13.2 Å². The van der Waals surface area contributed by atoms with E-state index in [0.717, 1.165) is 6.20 Å². The van der Waals surface area contributed by atoms with Gasteiger partial charge in [0.05, 0.1) is 6.26 Å². The molecule has 150 valence electrons. The second kappa shape index (κ2) is 8.04. The van der Waals surface area contributed by atoms with E-state index in [4.69, 9.17) is 4.42 Å². The van der Waals surface area contributed by atoms with Crippen LogP contribution in [0.5, 0.6) is 0 Å². The molecular formula is C19H20F3N3O3. The Labute approximate surface area is 159 Å². The molecule has 1 aliphatic heterocycles. The molecule has 3 heterocycles. The zero-order chi connectivity index (χ0) is 20.2. The minimum absolute atomic E-state index is 0.136. The van der Waals surface area contributed by atoms with Crippen LogP contribution in [-0.2, 0) is 16.0 Å². The zero-order valence-corrected chi connectivity index (χ0v) is 15.0. The summed E-state index contributed by atoms with van der Waals surface area (Å²) >= 11 is 0. The molecule has 0 spiro atoms. The minimum Gasteiger partial charge on any atom is -0.469 e. The number of pyridine rings is 1. The number of aromatic nitrogens is 1. The summed E-state index contributed by atoms with van der Waals surface area (Å²) in [4.78, 5) is 27.7. The summed E-state index contributed by atoms with van der Waals surface area (Å²) in [5.74, 6) is -0.243. The van der Waals surface area contributed by atoms with Crippen molar-refractivity contribution in [3.8, 4) is 0 Å². The molecule has 6 nitrogen and oxygen atoms in total. The van der Waals surface area contributed by atoms with E-state index >= 15 is 0 Å². The fourth-order valence-electron chi connectivity index (χ4n) is 3.42. The summed E-state index contributed by atoms with van der Waals surface area (Å²) < 4.78 is 45.4. The Balaban J connectivity index is 1.66. The van der Waals surface area contributed by atoms with Crippen LogP contribution in [0.3, 0.4) is 0 Å². The first-order valence-electron chi connectivity index (χ1n) is 8.87. The van der Waals surface area contributed by atoms with Gasteiger partial charge in [-0.05, 0) is 31.0 Å². The third-order valence-corrected chi connectivity index (χ3v) is 4.81. The quantitative estimate of drug-likeness (QED) is 0.755. The average Bonchev–Trinajstić information content (AvgIpc) is 3.28. The lowest BCUT2D eigenvalue weighted by atomic mass is 9.87. The van der Waals surface area contributed by atoms with Crippen molar-refractivity contribution < 1.29 is 27.2 Å². The van der Waals surface area contributed by atoms with Crippen LogP contribution in [-0.4, -0.2) is 28.5 Å². The van der Waals surface area contributed by atoms with Gasteiger partial charge in [0.1, 0.15) is 5.76 Å². The molecule has 0 unspecified atom stereocenters. The Bertz CT molecular complexity index is 809. The largest absolute Gasteiger partial charge is 0.469 e. The Morgan fingerprint density at radius 2 is 2.18 bits per heavy atom. The van der Waals surface area contributed by atoms with Crippen molar-refractivity contribution in [3.05, 3.63) is 54.2 Å². The molecule has 0 aromatic carbocycles. The molecular weight excluding hydrogens is 375 g/mol. The number of furan rings is 1. The predicted molar refractivity (Wildman–Crippen MR) is 92.9 cm³/mol. The average molecular weight is 395 g/mol. The van der Waals surface area contributed by atoms with E-state index in [2.05, 4.69) is 10.3 Å². The molecule has 1 saturated heterocycles. The fraction of sp³-hybridized carbons (Fsp3) is 0.421. The molecule has 2 atom stereocenters. The Morgan fingerprint density at radius 1 is 1.36 bits per heavy atom. The van der Waals surface area contributed by atoms with Gasteiger partial charge < -0.3 is 15.1 Å². The monoisotopic (exact) mass is 395 g/mol. The number of nitrogens with zero attached hydrogens (tertiary/aromatic N) is 1. The van der Waals surface area contributed by atoms with Gasteiger partial charge in [-0.15, -0.1) is 0 Å². The SMILES string of the molecule is O=C(CC[C@]1(Cc2ccco2)CCC(=O)N1)N[C@@H](c1cccnc1)C(F)(F)F. The van der Waals surface area contributed by atoms with Crippen LogP contribution in [0, 0.1) is 0 Å². The standard InChI is InChI=1S/C19H20F3N3O3/c20-19(21,22)17(13-3-1-9-23-12-13)24-15(26)5-7-18(8-6-16(27)25-18)11-14-4-2-10-28-14/h1-4,9-10,12,17H,5-8,11H2,(H,24,26)(H,25,27)/t17-,18+/m0/s1. The molecule has 2 aromatic heterocycles. The number of halogens is 3. The normalized spacial score (nSPS) is 20.6. The van der Waals surface area contributed by atoms with Crippen molar-refractivity contribution in [2.24, 2.45) is 0 Å². The van der Waals surface area contributed by atoms with E-state index in [-0.39, 0.29) is 24.3 Å². The third-order valence-electron chi connectivity index (χ3n) is 4.81. The summed E-state index contributed by atoms with van der Waals surface area (Å²) in [6, 6.07) is 3.99. The van der Waals surface area contributed by atoms with Crippen LogP contribution in [0.1, 0.15) is 43.0 Å². The van der Waals surface area contributed by atoms with E-state index in [0.29, 0.717) is 25.0 Å². The summed E-state index contributed by atoms with van der Waals surface area (Å²) in [6.45, 7) is 0. The van der Waals surface area contributed by atoms with Crippen molar-refractivity contribution in [2.45, 2.75) is 49.9 Å². The highest BCUT2D eigenvalue weighted by Gasteiger charge is 2.43. The topological polar surface area (TPSA) is 84.2 Å². The second-order valence-corrected chi connectivity index (χ2v) is 6.91. The smallest absolute Gasteiger partial charge is 0.412 e. The first-order valence-corrected chi connectivity index (χ1v) is 8.87. The molecule has 2 amide bonds. The summed E-state index contributed by atoms with van der Waals surface area (Å²) in [6.07, 6.45) is 0.532. The van der Waals surface area contributed by atoms with E-state index < -0.39 is 23.7 Å². The summed E-state index contributed by atoms with van der Waals surface area (Å²) in [5, 5.41) is 4.91. The first-order chi connectivity index (χ1) is 13.3. The molecule has 9 heteroatoms. The molecule has 3 rings (SSSR count). The number of nitrogens with one attached hydrogen (secondary N) is 2. The van der Waals surface area contributed by atoms with Crippen LogP contribution >= 0.6 is 0 Å². The highest BCUT2D eigenvalue weighted by Crippen LogP contribution is 2.33. The molecule has 2 N–H and O–H groups in total. The minimum atomic E-state index is -4.65. The van der Waals surface area contributed by atoms with Gasteiger partial charge >= 0.3 is 6.18 Å². The Hall–Kier alpha value is -2.84. The highest BCUT2D eigenvalue weighted by atomic mass is 19.4. The Kier molecular flexibility index (Phi) is 5.71. The molecule has 2 aromatic rings. The molecule has 0 bridgehead atoms. The first kappa shape index (κ1) is 19.9. The van der Waals surface area contributed by atoms with Gasteiger partial charge in [-0.1, -0.05) is 6.07 Å². The molecule has 0 radical (unpaired) electrons. The summed E-state index contributed by atoms with van der Waals surface area (Å²) in [5.41, 5.74) is -0.836. The lowest BCUT2D eigenvalue weighted by molar-refractivity contribution is -0.163. The van der Waals surface area contributed by atoms with E-state index in [1.54, 1.807) is 12.1 Å². The Morgan fingerprint density at radius 3 is 2.75 bits per heavy atom. The number of alkyl halides is 3. The molecule has 0 saturated carbocycles. The number of carbonyl (C=O) groups is 2. The molecule has 1 fully saturated rings. The van der Waals surface area contributed by atoms with Gasteiger partial charge in [-0.3, -0.25) is 14.6 Å². The van der Waals surface area contributed by atoms with Crippen LogP contribution in [0.2, 0.25) is 0 Å². The number of amides is 2. The second-order valence-electron chi connectivity index (χ2n) is 6.91. The van der Waals surface area contributed by atoms with E-state index in [1.807, 2.05) is 5.32 Å². The van der Waals surface area contributed by atoms with Crippen molar-refractivity contribution in [2.75, 3.05) is 0 Å². The number of hydrogen-bond donors (Lipinski definition) is 2. The molecule has 1 aliphatic rings. The molecule has 0 aliphatic carbocycles. The predicted octanol–water partition coefficient (Wildman–Crippen LogP) is 3.07. The van der Waals surface area contributed by atoms with Crippen molar-refractivity contribution >= 4 is 11.8 Å². The van der Waals surface area contributed by atoms with Gasteiger partial charge in [0.25, 0.3) is 0 Å². The maximum absolute atomic E-state index is 13.4. The van der Waals surface area contributed by atoms with E-state index in [9.17, 15) is 22.8 Å². The lowest BCUT2D eigenvalue weighted by Crippen LogP contribution is -2.45. The molecule has 28 heavy (non-hydrogen) atoms. The van der Waals surface area contributed by atoms with Crippen LogP contribution in [0.25, 0.3) is 0 Å². The van der Waals surface area contributed by atoms with Crippen molar-refractivity contribution in [3.63, 3.8) is 0 Å². The van der Waals surface area contributed by atoms with Gasteiger partial charge in [-0.25, -0.2) is 0 Å². The summed E-state index contributed by atoms with van der Waals surface area (Å²) in [7, 11) is 0. The van der Waals surface area contributed by atoms with Gasteiger partial charge in [-0.2, -0.15) is 13.2 Å². The third kappa shape index (κ3) is 4.90. The van der Waals surface area contributed by atoms with E-state index in [1.165, 1.54) is 24.6 Å². The lowest BCUT2D eigenvalue weighted by Gasteiger charge is -2.29. The number of rotatable bonds is 7. The van der Waals surface area contributed by atoms with Gasteiger partial charge in [0.2, 0.25) is 11.8 Å². The zero-order valence-electron chi connectivity index (χ0n) is 15.0.